The number of nitrogen functional groups attached to an aromatic ring is 1. The topological polar surface area (TPSA) is 61.5 Å². The third kappa shape index (κ3) is 3.19. The molecule has 0 spiro atoms. The molecule has 2 N–H and O–H groups in total. The Labute approximate surface area is 127 Å². The van der Waals surface area contributed by atoms with Crippen molar-refractivity contribution in [2.24, 2.45) is 0 Å². The van der Waals surface area contributed by atoms with Crippen molar-refractivity contribution in [3.8, 4) is 0 Å². The first-order valence-corrected chi connectivity index (χ1v) is 7.89. The van der Waals surface area contributed by atoms with Gasteiger partial charge < -0.3 is 15.2 Å². The van der Waals surface area contributed by atoms with Gasteiger partial charge in [-0.3, -0.25) is 0 Å². The van der Waals surface area contributed by atoms with E-state index in [0.29, 0.717) is 17.2 Å². The van der Waals surface area contributed by atoms with Crippen molar-refractivity contribution < 1.29 is 14.3 Å². The van der Waals surface area contributed by atoms with Crippen molar-refractivity contribution in [1.29, 1.82) is 0 Å². The van der Waals surface area contributed by atoms with E-state index in [0.717, 1.165) is 22.9 Å². The first-order valence-electron chi connectivity index (χ1n) is 7.07. The van der Waals surface area contributed by atoms with Gasteiger partial charge in [-0.15, -0.1) is 11.3 Å². The van der Waals surface area contributed by atoms with E-state index in [4.69, 9.17) is 15.2 Å². The summed E-state index contributed by atoms with van der Waals surface area (Å²) in [7, 11) is 0. The summed E-state index contributed by atoms with van der Waals surface area (Å²) >= 11 is 1.43. The number of rotatable bonds is 3. The van der Waals surface area contributed by atoms with Gasteiger partial charge in [0.1, 0.15) is 11.5 Å². The maximum atomic E-state index is 12.1. The van der Waals surface area contributed by atoms with E-state index in [1.54, 1.807) is 0 Å². The van der Waals surface area contributed by atoms with Crippen LogP contribution in [0.3, 0.4) is 0 Å². The van der Waals surface area contributed by atoms with Crippen LogP contribution in [0.4, 0.5) is 5.69 Å². The fourth-order valence-electron chi connectivity index (χ4n) is 2.60. The molecule has 1 saturated heterocycles. The second kappa shape index (κ2) is 5.31. The van der Waals surface area contributed by atoms with Crippen molar-refractivity contribution in [2.75, 3.05) is 12.3 Å². The molecular formula is C16H19NO3S. The van der Waals surface area contributed by atoms with Gasteiger partial charge in [0.05, 0.1) is 11.7 Å². The van der Waals surface area contributed by atoms with Gasteiger partial charge in [-0.1, -0.05) is 0 Å². The second-order valence-corrected chi connectivity index (χ2v) is 7.13. The molecule has 1 aromatic heterocycles. The Morgan fingerprint density at radius 2 is 2.29 bits per heavy atom. The average molecular weight is 305 g/mol. The summed E-state index contributed by atoms with van der Waals surface area (Å²) in [5, 5.41) is 0.977. The minimum atomic E-state index is -0.289. The lowest BCUT2D eigenvalue weighted by Gasteiger charge is -2.18. The normalized spacial score (nSPS) is 20.8. The monoisotopic (exact) mass is 305 g/mol. The molecule has 112 valence electrons. The summed E-state index contributed by atoms with van der Waals surface area (Å²) in [6, 6.07) is 7.46. The minimum Gasteiger partial charge on any atom is -0.459 e. The highest BCUT2D eigenvalue weighted by Crippen LogP contribution is 2.30. The summed E-state index contributed by atoms with van der Waals surface area (Å²) in [5.41, 5.74) is 6.34. The van der Waals surface area contributed by atoms with Crippen LogP contribution in [0.5, 0.6) is 0 Å². The Kier molecular flexibility index (Phi) is 3.63. The van der Waals surface area contributed by atoms with Gasteiger partial charge in [-0.05, 0) is 56.3 Å². The number of benzene rings is 1. The van der Waals surface area contributed by atoms with Crippen LogP contribution in [-0.4, -0.2) is 24.3 Å². The Hall–Kier alpha value is -1.59. The second-order valence-electron chi connectivity index (χ2n) is 6.04. The van der Waals surface area contributed by atoms with E-state index in [1.165, 1.54) is 11.3 Å². The number of anilines is 1. The zero-order valence-electron chi connectivity index (χ0n) is 12.2. The fraction of sp³-hybridized carbons (Fsp3) is 0.438. The molecule has 0 saturated carbocycles. The van der Waals surface area contributed by atoms with Crippen LogP contribution in [0.2, 0.25) is 0 Å². The van der Waals surface area contributed by atoms with E-state index in [1.807, 2.05) is 24.3 Å². The van der Waals surface area contributed by atoms with Crippen molar-refractivity contribution in [3.05, 3.63) is 29.1 Å². The number of carbonyl (C=O) groups excluding carboxylic acids is 1. The molecule has 2 aromatic rings. The molecule has 3 rings (SSSR count). The van der Waals surface area contributed by atoms with Crippen LogP contribution in [0.15, 0.2) is 24.3 Å². The predicted molar refractivity (Wildman–Crippen MR) is 84.7 cm³/mol. The summed E-state index contributed by atoms with van der Waals surface area (Å²) in [6.07, 6.45) is 1.94. The molecule has 0 radical (unpaired) electrons. The highest BCUT2D eigenvalue weighted by atomic mass is 32.1. The number of fused-ring (bicyclic) bond motifs is 1. The zero-order valence-corrected chi connectivity index (χ0v) is 13.0. The highest BCUT2D eigenvalue weighted by molar-refractivity contribution is 7.20. The third-order valence-electron chi connectivity index (χ3n) is 3.70. The van der Waals surface area contributed by atoms with Gasteiger partial charge in [-0.2, -0.15) is 0 Å². The molecule has 1 aliphatic rings. The van der Waals surface area contributed by atoms with Crippen LogP contribution in [0, 0.1) is 0 Å². The molecule has 1 atom stereocenters. The smallest absolute Gasteiger partial charge is 0.348 e. The summed E-state index contributed by atoms with van der Waals surface area (Å²) < 4.78 is 12.2. The highest BCUT2D eigenvalue weighted by Gasteiger charge is 2.32. The lowest BCUT2D eigenvalue weighted by Crippen LogP contribution is -2.23. The molecule has 21 heavy (non-hydrogen) atoms. The molecule has 1 fully saturated rings. The van der Waals surface area contributed by atoms with Crippen molar-refractivity contribution in [3.63, 3.8) is 0 Å². The Morgan fingerprint density at radius 3 is 3.00 bits per heavy atom. The zero-order chi connectivity index (χ0) is 15.0. The van der Waals surface area contributed by atoms with Gasteiger partial charge in [0, 0.05) is 10.4 Å². The van der Waals surface area contributed by atoms with Crippen LogP contribution in [-0.2, 0) is 9.47 Å². The number of hydrogen-bond acceptors (Lipinski definition) is 5. The number of hydrogen-bond donors (Lipinski definition) is 1. The molecule has 5 heteroatoms. The van der Waals surface area contributed by atoms with Gasteiger partial charge in [-0.25, -0.2) is 4.79 Å². The molecule has 1 aliphatic heterocycles. The Bertz CT molecular complexity index is 677. The van der Waals surface area contributed by atoms with Crippen molar-refractivity contribution in [1.82, 2.24) is 0 Å². The maximum absolute atomic E-state index is 12.1. The minimum absolute atomic E-state index is 0.00831. The Morgan fingerprint density at radius 1 is 1.48 bits per heavy atom. The van der Waals surface area contributed by atoms with E-state index in [2.05, 4.69) is 13.8 Å². The number of esters is 1. The van der Waals surface area contributed by atoms with Gasteiger partial charge >= 0.3 is 5.97 Å². The van der Waals surface area contributed by atoms with E-state index < -0.39 is 0 Å². The van der Waals surface area contributed by atoms with Crippen LogP contribution in [0.1, 0.15) is 36.4 Å². The average Bonchev–Trinajstić information content (AvgIpc) is 2.98. The largest absolute Gasteiger partial charge is 0.459 e. The van der Waals surface area contributed by atoms with Crippen LogP contribution in [0.25, 0.3) is 10.1 Å². The molecular weight excluding hydrogens is 286 g/mol. The Balaban J connectivity index is 1.64. The molecule has 1 unspecified atom stereocenters. The lowest BCUT2D eigenvalue weighted by atomic mass is 10.1. The van der Waals surface area contributed by atoms with Crippen LogP contribution >= 0.6 is 11.3 Å². The molecule has 4 nitrogen and oxygen atoms in total. The first kappa shape index (κ1) is 14.4. The van der Waals surface area contributed by atoms with E-state index in [-0.39, 0.29) is 17.7 Å². The molecule has 0 aliphatic carbocycles. The van der Waals surface area contributed by atoms with E-state index >= 15 is 0 Å². The third-order valence-corrected chi connectivity index (χ3v) is 4.79. The molecule has 0 bridgehead atoms. The first-order chi connectivity index (χ1) is 9.93. The number of thiophene rings is 1. The number of ether oxygens (including phenoxy) is 2. The van der Waals surface area contributed by atoms with Crippen molar-refractivity contribution >= 4 is 33.1 Å². The lowest BCUT2D eigenvalue weighted by molar-refractivity contribution is -0.0443. The van der Waals surface area contributed by atoms with Gasteiger partial charge in [0.15, 0.2) is 0 Å². The summed E-state index contributed by atoms with van der Waals surface area (Å²) in [5.74, 6) is -0.289. The fourth-order valence-corrected chi connectivity index (χ4v) is 3.53. The van der Waals surface area contributed by atoms with E-state index in [9.17, 15) is 4.79 Å². The standard InChI is InChI=1S/C16H19NO3S/c1-16(2)6-5-12(20-16)9-19-15(18)14-8-10-7-11(17)3-4-13(10)21-14/h3-4,7-8,12H,5-6,9,17H2,1-2H3. The van der Waals surface area contributed by atoms with Crippen LogP contribution < -0.4 is 5.73 Å². The summed E-state index contributed by atoms with van der Waals surface area (Å²) in [6.45, 7) is 4.44. The summed E-state index contributed by atoms with van der Waals surface area (Å²) in [4.78, 5) is 12.7. The molecule has 0 amide bonds. The number of nitrogens with two attached hydrogens (primary N) is 1. The van der Waals surface area contributed by atoms with Gasteiger partial charge in [0.25, 0.3) is 0 Å². The molecule has 1 aromatic carbocycles. The predicted octanol–water partition coefficient (Wildman–Crippen LogP) is 3.60. The quantitative estimate of drug-likeness (QED) is 0.695. The van der Waals surface area contributed by atoms with Gasteiger partial charge in [0.2, 0.25) is 0 Å². The SMILES string of the molecule is CC1(C)CCC(COC(=O)c2cc3cc(N)ccc3s2)O1. The maximum Gasteiger partial charge on any atom is 0.348 e. The number of carbonyl (C=O) groups is 1. The molecule has 2 heterocycles. The van der Waals surface area contributed by atoms with Crippen molar-refractivity contribution in [2.45, 2.75) is 38.4 Å².